The first-order chi connectivity index (χ1) is 16.1. The molecule has 0 aliphatic carbocycles. The molecule has 178 valence electrons. The SMILES string of the molecule is CC(C)(C)OC(=O)N1CC2(C1)CN(c1cccc(NCc3nc(Cl)nc4cc(Cl)ccc34)c1)C2. The first-order valence-electron chi connectivity index (χ1n) is 11.3. The molecule has 1 aromatic heterocycles. The molecule has 0 unspecified atom stereocenters. The number of rotatable bonds is 4. The average molecular weight is 500 g/mol. The largest absolute Gasteiger partial charge is 0.444 e. The molecular weight excluding hydrogens is 473 g/mol. The highest BCUT2D eigenvalue weighted by atomic mass is 35.5. The molecule has 3 heterocycles. The highest BCUT2D eigenvalue weighted by molar-refractivity contribution is 6.31. The van der Waals surface area contributed by atoms with Crippen LogP contribution >= 0.6 is 23.2 Å². The van der Waals surface area contributed by atoms with Crippen molar-refractivity contribution < 1.29 is 9.53 Å². The highest BCUT2D eigenvalue weighted by Gasteiger charge is 2.54. The molecule has 2 fully saturated rings. The minimum atomic E-state index is -0.463. The van der Waals surface area contributed by atoms with E-state index in [0.29, 0.717) is 11.6 Å². The van der Waals surface area contributed by atoms with Crippen molar-refractivity contribution in [3.8, 4) is 0 Å². The molecule has 1 spiro atoms. The topological polar surface area (TPSA) is 70.6 Å². The quantitative estimate of drug-likeness (QED) is 0.470. The van der Waals surface area contributed by atoms with E-state index in [4.69, 9.17) is 27.9 Å². The zero-order valence-electron chi connectivity index (χ0n) is 19.4. The fourth-order valence-corrected chi connectivity index (χ4v) is 4.99. The van der Waals surface area contributed by atoms with Crippen LogP contribution in [0.1, 0.15) is 26.5 Å². The summed E-state index contributed by atoms with van der Waals surface area (Å²) in [5.41, 5.74) is 3.41. The Morgan fingerprint density at radius 2 is 1.85 bits per heavy atom. The molecule has 34 heavy (non-hydrogen) atoms. The maximum absolute atomic E-state index is 12.2. The molecule has 0 atom stereocenters. The molecule has 1 amide bonds. The molecule has 0 saturated carbocycles. The molecule has 1 N–H and O–H groups in total. The van der Waals surface area contributed by atoms with E-state index in [1.54, 1.807) is 11.0 Å². The Labute approximate surface area is 209 Å². The number of anilines is 2. The Morgan fingerprint density at radius 3 is 2.59 bits per heavy atom. The van der Waals surface area contributed by atoms with E-state index in [-0.39, 0.29) is 16.8 Å². The standard InChI is InChI=1S/C25H27Cl2N5O2/c1-24(2,3)34-23(33)32-14-25(15-32)12-31(13-25)18-6-4-5-17(10-18)28-11-21-19-8-7-16(26)9-20(19)29-22(27)30-21/h4-10,28H,11-15H2,1-3H3. The molecule has 0 bridgehead atoms. The summed E-state index contributed by atoms with van der Waals surface area (Å²) < 4.78 is 5.48. The lowest BCUT2D eigenvalue weighted by molar-refractivity contribution is -0.0452. The Morgan fingerprint density at radius 1 is 1.09 bits per heavy atom. The van der Waals surface area contributed by atoms with E-state index >= 15 is 0 Å². The van der Waals surface area contributed by atoms with Gasteiger partial charge in [0.1, 0.15) is 5.60 Å². The van der Waals surface area contributed by atoms with E-state index in [1.165, 1.54) is 0 Å². The van der Waals surface area contributed by atoms with Gasteiger partial charge >= 0.3 is 6.09 Å². The van der Waals surface area contributed by atoms with Crippen LogP contribution in [-0.4, -0.2) is 52.7 Å². The summed E-state index contributed by atoms with van der Waals surface area (Å²) >= 11 is 12.2. The van der Waals surface area contributed by atoms with Crippen molar-refractivity contribution in [3.05, 3.63) is 58.5 Å². The van der Waals surface area contributed by atoms with Gasteiger partial charge in [0.05, 0.1) is 17.8 Å². The van der Waals surface area contributed by atoms with Crippen molar-refractivity contribution in [2.24, 2.45) is 5.41 Å². The van der Waals surface area contributed by atoms with Gasteiger partial charge in [0.15, 0.2) is 0 Å². The fraction of sp³-hybridized carbons (Fsp3) is 0.400. The van der Waals surface area contributed by atoms with Crippen LogP contribution in [0.4, 0.5) is 16.2 Å². The first kappa shape index (κ1) is 23.0. The number of fused-ring (bicyclic) bond motifs is 1. The number of hydrogen-bond donors (Lipinski definition) is 1. The predicted octanol–water partition coefficient (Wildman–Crippen LogP) is 5.61. The van der Waals surface area contributed by atoms with Gasteiger partial charge in [-0.25, -0.2) is 14.8 Å². The molecule has 0 radical (unpaired) electrons. The molecule has 2 aliphatic heterocycles. The Kier molecular flexibility index (Phi) is 5.73. The number of benzene rings is 2. The molecule has 2 saturated heterocycles. The normalized spacial score (nSPS) is 16.9. The van der Waals surface area contributed by atoms with Crippen LogP contribution in [0.2, 0.25) is 10.3 Å². The zero-order valence-corrected chi connectivity index (χ0v) is 21.0. The summed E-state index contributed by atoms with van der Waals surface area (Å²) in [5, 5.41) is 5.18. The summed E-state index contributed by atoms with van der Waals surface area (Å²) in [7, 11) is 0. The lowest BCUT2D eigenvalue weighted by Crippen LogP contribution is -2.73. The van der Waals surface area contributed by atoms with Crippen molar-refractivity contribution in [1.82, 2.24) is 14.9 Å². The third kappa shape index (κ3) is 4.72. The van der Waals surface area contributed by atoms with Crippen molar-refractivity contribution >= 4 is 51.6 Å². The van der Waals surface area contributed by atoms with Crippen LogP contribution < -0.4 is 10.2 Å². The van der Waals surface area contributed by atoms with Crippen molar-refractivity contribution in [2.45, 2.75) is 32.9 Å². The number of carbonyl (C=O) groups is 1. The van der Waals surface area contributed by atoms with E-state index in [9.17, 15) is 4.79 Å². The average Bonchev–Trinajstić information content (AvgIpc) is 2.68. The summed E-state index contributed by atoms with van der Waals surface area (Å²) in [6.45, 7) is 9.56. The summed E-state index contributed by atoms with van der Waals surface area (Å²) in [4.78, 5) is 25.1. The number of nitrogens with one attached hydrogen (secondary N) is 1. The van der Waals surface area contributed by atoms with Crippen LogP contribution in [-0.2, 0) is 11.3 Å². The maximum Gasteiger partial charge on any atom is 0.410 e. The molecule has 3 aromatic rings. The molecular formula is C25H27Cl2N5O2. The Bertz CT molecular complexity index is 1240. The number of carbonyl (C=O) groups excluding carboxylic acids is 1. The first-order valence-corrected chi connectivity index (χ1v) is 12.0. The molecule has 2 aliphatic rings. The number of ether oxygens (including phenoxy) is 1. The number of hydrogen-bond acceptors (Lipinski definition) is 6. The van der Waals surface area contributed by atoms with E-state index in [2.05, 4.69) is 32.3 Å². The second kappa shape index (κ2) is 8.47. The van der Waals surface area contributed by atoms with Crippen LogP contribution in [0.5, 0.6) is 0 Å². The van der Waals surface area contributed by atoms with Gasteiger partial charge in [-0.05, 0) is 68.8 Å². The van der Waals surface area contributed by atoms with Crippen LogP contribution in [0.25, 0.3) is 10.9 Å². The van der Waals surface area contributed by atoms with Gasteiger partial charge in [0.2, 0.25) is 5.28 Å². The van der Waals surface area contributed by atoms with Gasteiger partial charge in [0, 0.05) is 53.4 Å². The minimum absolute atomic E-state index is 0.179. The lowest BCUT2D eigenvalue weighted by Gasteiger charge is -2.60. The van der Waals surface area contributed by atoms with Crippen LogP contribution in [0, 0.1) is 5.41 Å². The van der Waals surface area contributed by atoms with Crippen molar-refractivity contribution in [2.75, 3.05) is 36.4 Å². The van der Waals surface area contributed by atoms with Crippen molar-refractivity contribution in [1.29, 1.82) is 0 Å². The Balaban J connectivity index is 1.19. The smallest absolute Gasteiger partial charge is 0.410 e. The van der Waals surface area contributed by atoms with Gasteiger partial charge < -0.3 is 19.9 Å². The third-order valence-electron chi connectivity index (χ3n) is 6.14. The van der Waals surface area contributed by atoms with Gasteiger partial charge in [-0.2, -0.15) is 0 Å². The van der Waals surface area contributed by atoms with E-state index in [1.807, 2.05) is 45.0 Å². The van der Waals surface area contributed by atoms with Crippen molar-refractivity contribution in [3.63, 3.8) is 0 Å². The number of amides is 1. The Hall–Kier alpha value is -2.77. The number of nitrogens with zero attached hydrogens (tertiary/aromatic N) is 4. The maximum atomic E-state index is 12.2. The second-order valence-corrected chi connectivity index (χ2v) is 11.0. The monoisotopic (exact) mass is 499 g/mol. The van der Waals surface area contributed by atoms with Gasteiger partial charge in [-0.15, -0.1) is 0 Å². The minimum Gasteiger partial charge on any atom is -0.444 e. The molecule has 7 nitrogen and oxygen atoms in total. The molecule has 9 heteroatoms. The van der Waals surface area contributed by atoms with Gasteiger partial charge in [0.25, 0.3) is 0 Å². The van der Waals surface area contributed by atoms with Gasteiger partial charge in [-0.3, -0.25) is 0 Å². The number of aromatic nitrogens is 2. The molecule has 2 aromatic carbocycles. The summed E-state index contributed by atoms with van der Waals surface area (Å²) in [5.74, 6) is 0. The zero-order chi connectivity index (χ0) is 24.1. The fourth-order valence-electron chi connectivity index (χ4n) is 4.64. The van der Waals surface area contributed by atoms with E-state index < -0.39 is 5.60 Å². The van der Waals surface area contributed by atoms with Crippen LogP contribution in [0.3, 0.4) is 0 Å². The highest BCUT2D eigenvalue weighted by Crippen LogP contribution is 2.42. The lowest BCUT2D eigenvalue weighted by atomic mass is 9.73. The summed E-state index contributed by atoms with van der Waals surface area (Å²) in [6.07, 6.45) is -0.220. The van der Waals surface area contributed by atoms with E-state index in [0.717, 1.165) is 54.2 Å². The van der Waals surface area contributed by atoms with Gasteiger partial charge in [-0.1, -0.05) is 17.7 Å². The molecule has 5 rings (SSSR count). The second-order valence-electron chi connectivity index (χ2n) is 10.2. The number of halogens is 2. The number of likely N-dealkylation sites (tertiary alicyclic amines) is 1. The summed E-state index contributed by atoms with van der Waals surface area (Å²) in [6, 6.07) is 13.9. The third-order valence-corrected chi connectivity index (χ3v) is 6.54. The predicted molar refractivity (Wildman–Crippen MR) is 136 cm³/mol. The van der Waals surface area contributed by atoms with Crippen LogP contribution in [0.15, 0.2) is 42.5 Å².